The Labute approximate surface area is 421 Å². The Morgan fingerprint density at radius 1 is 0.681 bits per heavy atom. The van der Waals surface area contributed by atoms with E-state index in [1.807, 2.05) is 12.3 Å². The van der Waals surface area contributed by atoms with Crippen LogP contribution in [-0.4, -0.2) is 24.9 Å². The van der Waals surface area contributed by atoms with E-state index < -0.39 is 5.54 Å². The summed E-state index contributed by atoms with van der Waals surface area (Å²) in [5, 5.41) is 4.71. The van der Waals surface area contributed by atoms with E-state index in [0.717, 1.165) is 67.7 Å². The first kappa shape index (κ1) is 45.2. The summed E-state index contributed by atoms with van der Waals surface area (Å²) in [6.45, 7) is 27.4. The molecule has 0 radical (unpaired) electrons. The predicted molar refractivity (Wildman–Crippen MR) is 284 cm³/mol. The number of allylic oxidation sites excluding steroid dienone is 4. The monoisotopic (exact) mass is 1080 g/mol. The number of fused-ring (bicyclic) bond motifs is 12. The van der Waals surface area contributed by atoms with Crippen molar-refractivity contribution < 1.29 is 21.1 Å². The Hall–Kier alpha value is -6.29. The van der Waals surface area contributed by atoms with E-state index >= 15 is 0 Å². The Bertz CT molecular complexity index is 3780. The molecule has 4 heterocycles. The van der Waals surface area contributed by atoms with E-state index in [9.17, 15) is 0 Å². The molecular formula is C63H59N5Pt. The number of amidine groups is 1. The topological polar surface area (TPSA) is 38.4 Å². The number of aliphatic imine (C=N–C) groups is 1. The van der Waals surface area contributed by atoms with Crippen LogP contribution in [0.3, 0.4) is 0 Å². The van der Waals surface area contributed by atoms with Crippen molar-refractivity contribution in [2.24, 2.45) is 10.9 Å². The summed E-state index contributed by atoms with van der Waals surface area (Å²) in [6.07, 6.45) is 5.32. The average Bonchev–Trinajstić information content (AvgIpc) is 3.91. The van der Waals surface area contributed by atoms with Gasteiger partial charge in [0.25, 0.3) is 0 Å². The molecule has 0 spiro atoms. The first-order valence-electron chi connectivity index (χ1n) is 24.5. The molecule has 5 nitrogen and oxygen atoms in total. The molecule has 6 aromatic carbocycles. The number of hydrogen-bond donors (Lipinski definition) is 0. The van der Waals surface area contributed by atoms with Crippen LogP contribution in [0.4, 0.5) is 0 Å². The van der Waals surface area contributed by atoms with Gasteiger partial charge in [-0.25, -0.2) is 4.98 Å². The molecule has 0 saturated heterocycles. The van der Waals surface area contributed by atoms with Crippen LogP contribution >= 0.6 is 0 Å². The van der Waals surface area contributed by atoms with Crippen molar-refractivity contribution in [3.63, 3.8) is 0 Å². The predicted octanol–water partition coefficient (Wildman–Crippen LogP) is 15.8. The molecule has 1 aliphatic heterocycles. The fourth-order valence-electron chi connectivity index (χ4n) is 12.7. The molecule has 69 heavy (non-hydrogen) atoms. The van der Waals surface area contributed by atoms with Crippen LogP contribution in [0.25, 0.3) is 66.2 Å². The molecular weight excluding hydrogens is 1020 g/mol. The second-order valence-electron chi connectivity index (χ2n) is 21.1. The van der Waals surface area contributed by atoms with Crippen LogP contribution in [0, 0.1) is 59.6 Å². The Morgan fingerprint density at radius 2 is 1.41 bits per heavy atom. The van der Waals surface area contributed by atoms with Gasteiger partial charge in [0.1, 0.15) is 5.65 Å². The van der Waals surface area contributed by atoms with Crippen LogP contribution in [0.1, 0.15) is 116 Å². The van der Waals surface area contributed by atoms with Gasteiger partial charge in [-0.1, -0.05) is 110 Å². The Morgan fingerprint density at radius 3 is 2.17 bits per heavy atom. The first-order chi connectivity index (χ1) is 32.6. The molecule has 2 aliphatic carbocycles. The summed E-state index contributed by atoms with van der Waals surface area (Å²) in [5.74, 6) is 1.69. The number of benzene rings is 6. The van der Waals surface area contributed by atoms with Crippen LogP contribution in [0.15, 0.2) is 131 Å². The van der Waals surface area contributed by atoms with E-state index in [4.69, 9.17) is 9.98 Å². The number of nitrogens with zero attached hydrogens (tertiary/aromatic N) is 5. The zero-order chi connectivity index (χ0) is 47.2. The van der Waals surface area contributed by atoms with Gasteiger partial charge in [-0.15, -0.1) is 46.8 Å². The summed E-state index contributed by atoms with van der Waals surface area (Å²) >= 11 is 0. The van der Waals surface area contributed by atoms with Crippen molar-refractivity contribution in [1.29, 1.82) is 0 Å². The molecule has 6 heteroatoms. The third-order valence-electron chi connectivity index (χ3n) is 15.5. The average molecular weight is 1080 g/mol. The van der Waals surface area contributed by atoms with Crippen LogP contribution in [0.2, 0.25) is 0 Å². The normalized spacial score (nSPS) is 18.8. The van der Waals surface area contributed by atoms with Gasteiger partial charge in [0.05, 0.1) is 22.9 Å². The maximum absolute atomic E-state index is 6.08. The van der Waals surface area contributed by atoms with E-state index in [1.54, 1.807) is 0 Å². The third kappa shape index (κ3) is 6.66. The van der Waals surface area contributed by atoms with Crippen molar-refractivity contribution in [1.82, 2.24) is 19.0 Å². The second kappa shape index (κ2) is 16.1. The maximum Gasteiger partial charge on any atom is 2.00 e. The maximum atomic E-state index is 6.08. The number of aryl methyl sites for hydroxylation is 6. The van der Waals surface area contributed by atoms with E-state index in [2.05, 4.69) is 206 Å². The third-order valence-corrected chi connectivity index (χ3v) is 15.5. The van der Waals surface area contributed by atoms with Crippen LogP contribution in [0.5, 0.6) is 0 Å². The van der Waals surface area contributed by atoms with Crippen LogP contribution < -0.4 is 0 Å². The summed E-state index contributed by atoms with van der Waals surface area (Å²) in [4.78, 5) is 13.7. The van der Waals surface area contributed by atoms with E-state index in [0.29, 0.717) is 11.8 Å². The molecule has 0 unspecified atom stereocenters. The smallest absolute Gasteiger partial charge is 0.359 e. The molecule has 0 N–H and O–H groups in total. The molecule has 9 aromatic rings. The SMILES string of the molecule is CC1=CC(C)=C(N2C(c3[c-]c(-n4c5[c-]c(-n6c7ccc(C(C)C)cc7c7cccnc76)ccc5c5cc(C)ccc54)c(C)cc3)=N[C@]3(C)c4cc(C)cc(C)c4-c4c(C)cc(C)cc4[C@H]23)[C@@H](C)C1.[Pt+2]. The fraction of sp³-hybridized carbons (Fsp3) is 0.270. The number of rotatable bonds is 5. The standard InChI is InChI=1S/C63H59N5.Pt/c1-34(2)44-18-22-53-50(31-44)48-14-13-23-64-62(48)66(53)46-19-20-47-49-28-35(3)15-21-54(49)67(56(47)33-46)55-32-45(17-16-39(55)7)61-65-63(12)52-30-38(6)25-41(9)58(52)57-40(8)24-37(5)29-51(57)60(63)68(61)59-42(10)26-36(4)27-43(59)11;/h13-26,28-31,34,43,60H,27H2,1-12H3;/q-2;+2/t43-,60-,63+;/m0./s1. The van der Waals surface area contributed by atoms with Crippen molar-refractivity contribution >= 4 is 49.6 Å². The van der Waals surface area contributed by atoms with E-state index in [1.165, 1.54) is 83.3 Å². The minimum Gasteiger partial charge on any atom is -0.359 e. The van der Waals surface area contributed by atoms with E-state index in [-0.39, 0.29) is 27.1 Å². The molecule has 12 rings (SSSR count). The summed E-state index contributed by atoms with van der Waals surface area (Å²) in [5.41, 5.74) is 24.9. The fourth-order valence-corrected chi connectivity index (χ4v) is 12.7. The van der Waals surface area contributed by atoms with Gasteiger partial charge in [0.2, 0.25) is 0 Å². The van der Waals surface area contributed by atoms with Crippen molar-refractivity contribution in [3.05, 3.63) is 194 Å². The molecule has 3 aromatic heterocycles. The molecule has 0 saturated carbocycles. The van der Waals surface area contributed by atoms with Gasteiger partial charge in [-0.05, 0) is 160 Å². The van der Waals surface area contributed by atoms with Gasteiger partial charge in [-0.3, -0.25) is 0 Å². The summed E-state index contributed by atoms with van der Waals surface area (Å²) in [7, 11) is 0. The molecule has 0 amide bonds. The molecule has 0 fully saturated rings. The van der Waals surface area contributed by atoms with Gasteiger partial charge in [0, 0.05) is 28.2 Å². The Kier molecular flexibility index (Phi) is 10.6. The molecule has 346 valence electrons. The van der Waals surface area contributed by atoms with Gasteiger partial charge >= 0.3 is 21.1 Å². The minimum atomic E-state index is -0.573. The van der Waals surface area contributed by atoms with Crippen LogP contribution in [-0.2, 0) is 26.6 Å². The minimum absolute atomic E-state index is 0. The number of pyridine rings is 1. The van der Waals surface area contributed by atoms with Crippen molar-refractivity contribution in [3.8, 4) is 22.5 Å². The van der Waals surface area contributed by atoms with Gasteiger partial charge in [-0.2, -0.15) is 6.07 Å². The number of hydrogen-bond acceptors (Lipinski definition) is 3. The van der Waals surface area contributed by atoms with Gasteiger partial charge in [0.15, 0.2) is 0 Å². The molecule has 3 atom stereocenters. The molecule has 0 bridgehead atoms. The summed E-state index contributed by atoms with van der Waals surface area (Å²) in [6, 6.07) is 44.7. The summed E-state index contributed by atoms with van der Waals surface area (Å²) < 4.78 is 4.70. The molecule has 3 aliphatic rings. The van der Waals surface area contributed by atoms with Crippen molar-refractivity contribution in [2.75, 3.05) is 0 Å². The zero-order valence-electron chi connectivity index (χ0n) is 41.9. The van der Waals surface area contributed by atoms with Crippen molar-refractivity contribution in [2.45, 2.75) is 107 Å². The quantitative estimate of drug-likeness (QED) is 0.161. The largest absolute Gasteiger partial charge is 2.00 e. The van der Waals surface area contributed by atoms with Gasteiger partial charge < -0.3 is 19.0 Å². The Balaban J connectivity index is 0.00000520. The first-order valence-corrected chi connectivity index (χ1v) is 24.5. The number of aromatic nitrogens is 3. The second-order valence-corrected chi connectivity index (χ2v) is 21.1. The zero-order valence-corrected chi connectivity index (χ0v) is 44.2.